The zero-order valence-corrected chi connectivity index (χ0v) is 9.69. The molecule has 3 N–H and O–H groups in total. The van der Waals surface area contributed by atoms with Crippen LogP contribution in [0.5, 0.6) is 11.5 Å². The molecule has 92 valence electrons. The average molecular weight is 236 g/mol. The van der Waals surface area contributed by atoms with Crippen molar-refractivity contribution in [2.24, 2.45) is 0 Å². The van der Waals surface area contributed by atoms with Crippen molar-refractivity contribution in [2.45, 2.75) is 12.5 Å². The third-order valence-electron chi connectivity index (χ3n) is 2.86. The monoisotopic (exact) mass is 236 g/mol. The van der Waals surface area contributed by atoms with Gasteiger partial charge >= 0.3 is 0 Å². The smallest absolute Gasteiger partial charge is 0.255 e. The van der Waals surface area contributed by atoms with E-state index in [1.54, 1.807) is 18.2 Å². The van der Waals surface area contributed by atoms with E-state index >= 15 is 0 Å². The molecule has 1 aromatic rings. The number of phenols is 1. The van der Waals surface area contributed by atoms with E-state index in [2.05, 4.69) is 10.6 Å². The van der Waals surface area contributed by atoms with Crippen LogP contribution >= 0.6 is 0 Å². The van der Waals surface area contributed by atoms with E-state index in [0.29, 0.717) is 5.75 Å². The minimum atomic E-state index is -0.268. The first-order valence-electron chi connectivity index (χ1n) is 5.60. The van der Waals surface area contributed by atoms with Crippen molar-refractivity contribution in [3.05, 3.63) is 23.8 Å². The number of ether oxygens (including phenoxy) is 1. The van der Waals surface area contributed by atoms with Gasteiger partial charge in [-0.2, -0.15) is 0 Å². The topological polar surface area (TPSA) is 70.6 Å². The number of hydrogen-bond donors (Lipinski definition) is 3. The predicted octanol–water partition coefficient (Wildman–Crippen LogP) is 0.492. The van der Waals surface area contributed by atoms with Crippen molar-refractivity contribution in [1.29, 1.82) is 0 Å². The summed E-state index contributed by atoms with van der Waals surface area (Å²) in [5.41, 5.74) is 0.247. The van der Waals surface area contributed by atoms with E-state index < -0.39 is 0 Å². The Bertz CT molecular complexity index is 414. The Hall–Kier alpha value is -1.75. The molecule has 0 saturated carbocycles. The molecule has 1 aromatic carbocycles. The van der Waals surface area contributed by atoms with Gasteiger partial charge in [-0.05, 0) is 25.1 Å². The summed E-state index contributed by atoms with van der Waals surface area (Å²) in [6.45, 7) is 1.69. The zero-order valence-electron chi connectivity index (χ0n) is 9.69. The van der Waals surface area contributed by atoms with Crippen LogP contribution in [-0.4, -0.2) is 37.3 Å². The van der Waals surface area contributed by atoms with Gasteiger partial charge in [-0.15, -0.1) is 0 Å². The van der Waals surface area contributed by atoms with Crippen LogP contribution < -0.4 is 15.4 Å². The van der Waals surface area contributed by atoms with E-state index in [4.69, 9.17) is 4.74 Å². The lowest BCUT2D eigenvalue weighted by molar-refractivity contribution is 0.0937. The van der Waals surface area contributed by atoms with Crippen LogP contribution in [0, 0.1) is 0 Å². The Morgan fingerprint density at radius 2 is 2.41 bits per heavy atom. The molecule has 17 heavy (non-hydrogen) atoms. The maximum Gasteiger partial charge on any atom is 0.255 e. The predicted molar refractivity (Wildman–Crippen MR) is 63.4 cm³/mol. The Kier molecular flexibility index (Phi) is 3.49. The van der Waals surface area contributed by atoms with Gasteiger partial charge < -0.3 is 20.5 Å². The highest BCUT2D eigenvalue weighted by Crippen LogP contribution is 2.29. The fourth-order valence-electron chi connectivity index (χ4n) is 1.91. The first-order valence-corrected chi connectivity index (χ1v) is 5.60. The fraction of sp³-hybridized carbons (Fsp3) is 0.417. The number of para-hydroxylation sites is 1. The van der Waals surface area contributed by atoms with Crippen molar-refractivity contribution in [1.82, 2.24) is 10.6 Å². The maximum absolute atomic E-state index is 11.9. The molecule has 1 aliphatic rings. The molecule has 0 aromatic heterocycles. The molecule has 0 bridgehead atoms. The van der Waals surface area contributed by atoms with Gasteiger partial charge in [0.05, 0.1) is 12.7 Å². The molecular formula is C12H16N2O3. The van der Waals surface area contributed by atoms with Crippen LogP contribution in [0.3, 0.4) is 0 Å². The minimum Gasteiger partial charge on any atom is -0.504 e. The molecule has 1 aliphatic heterocycles. The number of nitrogens with one attached hydrogen (secondary N) is 2. The van der Waals surface area contributed by atoms with Gasteiger partial charge in [-0.3, -0.25) is 4.79 Å². The second-order valence-electron chi connectivity index (χ2n) is 4.02. The lowest BCUT2D eigenvalue weighted by Gasteiger charge is -2.13. The number of aromatic hydroxyl groups is 1. The summed E-state index contributed by atoms with van der Waals surface area (Å²) < 4.78 is 4.96. The van der Waals surface area contributed by atoms with Gasteiger partial charge in [0.1, 0.15) is 0 Å². The average Bonchev–Trinajstić information content (AvgIpc) is 2.82. The standard InChI is InChI=1S/C12H16N2O3/c1-17-10-4-2-3-9(11(10)15)12(16)14-8-5-6-13-7-8/h2-4,8,13,15H,5-7H2,1H3,(H,14,16)/t8-/m0/s1. The van der Waals surface area contributed by atoms with Crippen LogP contribution in [0.4, 0.5) is 0 Å². The molecule has 2 rings (SSSR count). The second kappa shape index (κ2) is 5.05. The lowest BCUT2D eigenvalue weighted by atomic mass is 10.1. The summed E-state index contributed by atoms with van der Waals surface area (Å²) in [6.07, 6.45) is 0.913. The SMILES string of the molecule is COc1cccc(C(=O)N[C@H]2CCNC2)c1O. The third-order valence-corrected chi connectivity index (χ3v) is 2.86. The number of methoxy groups -OCH3 is 1. The molecule has 1 fully saturated rings. The summed E-state index contributed by atoms with van der Waals surface area (Å²) in [6, 6.07) is 5.01. The highest BCUT2D eigenvalue weighted by atomic mass is 16.5. The number of hydrogen-bond acceptors (Lipinski definition) is 4. The summed E-state index contributed by atoms with van der Waals surface area (Å²) in [7, 11) is 1.46. The molecule has 0 unspecified atom stereocenters. The van der Waals surface area contributed by atoms with Gasteiger partial charge in [-0.1, -0.05) is 6.07 Å². The van der Waals surface area contributed by atoms with Gasteiger partial charge in [0.25, 0.3) is 5.91 Å². The number of carbonyl (C=O) groups is 1. The van der Waals surface area contributed by atoms with E-state index in [1.165, 1.54) is 7.11 Å². The molecule has 0 aliphatic carbocycles. The van der Waals surface area contributed by atoms with E-state index in [-0.39, 0.29) is 23.3 Å². The number of amides is 1. The van der Waals surface area contributed by atoms with Crippen LogP contribution in [0.15, 0.2) is 18.2 Å². The molecule has 1 amide bonds. The molecule has 1 atom stereocenters. The van der Waals surface area contributed by atoms with Gasteiger partial charge in [0, 0.05) is 12.6 Å². The third kappa shape index (κ3) is 2.50. The first-order chi connectivity index (χ1) is 8.22. The fourth-order valence-corrected chi connectivity index (χ4v) is 1.91. The van der Waals surface area contributed by atoms with Gasteiger partial charge in [0.2, 0.25) is 0 Å². The second-order valence-corrected chi connectivity index (χ2v) is 4.02. The molecule has 0 spiro atoms. The van der Waals surface area contributed by atoms with Crippen LogP contribution in [0.1, 0.15) is 16.8 Å². The highest BCUT2D eigenvalue weighted by molar-refractivity contribution is 5.97. The lowest BCUT2D eigenvalue weighted by Crippen LogP contribution is -2.36. The highest BCUT2D eigenvalue weighted by Gasteiger charge is 2.20. The number of phenolic OH excluding ortho intramolecular Hbond substituents is 1. The number of carbonyl (C=O) groups excluding carboxylic acids is 1. The Labute approximate surface area is 99.8 Å². The van der Waals surface area contributed by atoms with Gasteiger partial charge in [0.15, 0.2) is 11.5 Å². The largest absolute Gasteiger partial charge is 0.504 e. The van der Waals surface area contributed by atoms with E-state index in [1.807, 2.05) is 0 Å². The normalized spacial score (nSPS) is 19.0. The Balaban J connectivity index is 2.12. The van der Waals surface area contributed by atoms with Crippen molar-refractivity contribution in [3.8, 4) is 11.5 Å². The van der Waals surface area contributed by atoms with Crippen LogP contribution in [0.2, 0.25) is 0 Å². The minimum absolute atomic E-state index is 0.113. The Morgan fingerprint density at radius 1 is 1.59 bits per heavy atom. The molecular weight excluding hydrogens is 220 g/mol. The molecule has 0 radical (unpaired) electrons. The molecule has 5 heteroatoms. The van der Waals surface area contributed by atoms with E-state index in [9.17, 15) is 9.90 Å². The summed E-state index contributed by atoms with van der Waals surface area (Å²) in [5, 5.41) is 15.9. The maximum atomic E-state index is 11.9. The summed E-state index contributed by atoms with van der Waals surface area (Å²) in [4.78, 5) is 11.9. The molecule has 5 nitrogen and oxygen atoms in total. The summed E-state index contributed by atoms with van der Waals surface area (Å²) in [5.74, 6) is -0.0734. The Morgan fingerprint density at radius 3 is 3.06 bits per heavy atom. The number of rotatable bonds is 3. The van der Waals surface area contributed by atoms with Crippen molar-refractivity contribution in [3.63, 3.8) is 0 Å². The molecule has 1 saturated heterocycles. The van der Waals surface area contributed by atoms with Crippen molar-refractivity contribution >= 4 is 5.91 Å². The van der Waals surface area contributed by atoms with Gasteiger partial charge in [-0.25, -0.2) is 0 Å². The van der Waals surface area contributed by atoms with Crippen LogP contribution in [-0.2, 0) is 0 Å². The molecule has 1 heterocycles. The zero-order chi connectivity index (χ0) is 12.3. The first kappa shape index (κ1) is 11.7. The number of benzene rings is 1. The van der Waals surface area contributed by atoms with Crippen molar-refractivity contribution < 1.29 is 14.6 Å². The van der Waals surface area contributed by atoms with E-state index in [0.717, 1.165) is 19.5 Å². The quantitative estimate of drug-likeness (QED) is 0.714. The summed E-state index contributed by atoms with van der Waals surface area (Å²) >= 11 is 0. The van der Waals surface area contributed by atoms with Crippen molar-refractivity contribution in [2.75, 3.05) is 20.2 Å². The van der Waals surface area contributed by atoms with Crippen LogP contribution in [0.25, 0.3) is 0 Å².